The first-order chi connectivity index (χ1) is 15.8. The number of hydrogen-bond donors (Lipinski definition) is 3. The molecule has 1 aliphatic carbocycles. The van der Waals surface area contributed by atoms with Crippen LogP contribution in [-0.4, -0.2) is 51.7 Å². The summed E-state index contributed by atoms with van der Waals surface area (Å²) in [4.78, 5) is 13.7. The molecule has 1 fully saturated rings. The topological polar surface area (TPSA) is 131 Å². The van der Waals surface area contributed by atoms with Crippen molar-refractivity contribution in [3.63, 3.8) is 0 Å². The third-order valence-corrected chi connectivity index (χ3v) is 6.67. The number of hydrogen-bond acceptors (Lipinski definition) is 10. The molecule has 0 spiro atoms. The van der Waals surface area contributed by atoms with Crippen LogP contribution in [0.5, 0.6) is 5.75 Å². The highest BCUT2D eigenvalue weighted by atomic mass is 32.1. The van der Waals surface area contributed by atoms with Gasteiger partial charge in [-0.2, -0.15) is 9.47 Å². The van der Waals surface area contributed by atoms with E-state index in [0.29, 0.717) is 24.5 Å². The Morgan fingerprint density at radius 1 is 1.24 bits per heavy atom. The minimum absolute atomic E-state index is 0.0699. The van der Waals surface area contributed by atoms with Gasteiger partial charge in [-0.1, -0.05) is 13.8 Å². The third-order valence-electron chi connectivity index (χ3n) is 5.98. The SMILES string of the molecule is Cc1nc(-c2cnn(C)c2CNc2nc(C(C)C)ns2)ncc1O[C@H]1CCC[C@H](C(O)O)C1. The Bertz CT molecular complexity index is 1080. The van der Waals surface area contributed by atoms with Gasteiger partial charge >= 0.3 is 0 Å². The van der Waals surface area contributed by atoms with Crippen molar-refractivity contribution in [3.05, 3.63) is 29.6 Å². The minimum Gasteiger partial charge on any atom is -0.487 e. The number of anilines is 1. The summed E-state index contributed by atoms with van der Waals surface area (Å²) in [5, 5.41) is 27.5. The summed E-state index contributed by atoms with van der Waals surface area (Å²) in [5.74, 6) is 2.17. The van der Waals surface area contributed by atoms with E-state index in [-0.39, 0.29) is 17.9 Å². The molecule has 10 nitrogen and oxygen atoms in total. The van der Waals surface area contributed by atoms with Crippen LogP contribution >= 0.6 is 11.5 Å². The summed E-state index contributed by atoms with van der Waals surface area (Å²) < 4.78 is 12.3. The molecule has 33 heavy (non-hydrogen) atoms. The third kappa shape index (κ3) is 5.48. The van der Waals surface area contributed by atoms with Crippen LogP contribution in [0.15, 0.2) is 12.4 Å². The van der Waals surface area contributed by atoms with Crippen molar-refractivity contribution in [1.82, 2.24) is 29.1 Å². The fourth-order valence-corrected chi connectivity index (χ4v) is 4.70. The minimum atomic E-state index is -1.30. The second kappa shape index (κ2) is 10.1. The Hall–Kier alpha value is -2.63. The van der Waals surface area contributed by atoms with Gasteiger partial charge in [0.15, 0.2) is 17.9 Å². The van der Waals surface area contributed by atoms with E-state index in [2.05, 4.69) is 43.6 Å². The first-order valence-electron chi connectivity index (χ1n) is 11.3. The summed E-state index contributed by atoms with van der Waals surface area (Å²) in [6, 6.07) is 0. The van der Waals surface area contributed by atoms with Gasteiger partial charge in [-0.3, -0.25) is 4.68 Å². The molecule has 0 amide bonds. The van der Waals surface area contributed by atoms with Crippen LogP contribution < -0.4 is 10.1 Å². The van der Waals surface area contributed by atoms with Gasteiger partial charge in [-0.15, -0.1) is 0 Å². The number of nitrogens with one attached hydrogen (secondary N) is 1. The van der Waals surface area contributed by atoms with Crippen molar-refractivity contribution in [3.8, 4) is 17.1 Å². The first-order valence-corrected chi connectivity index (χ1v) is 12.0. The van der Waals surface area contributed by atoms with Crippen molar-refractivity contribution in [2.24, 2.45) is 13.0 Å². The molecule has 1 saturated carbocycles. The molecule has 178 valence electrons. The van der Waals surface area contributed by atoms with Gasteiger partial charge in [-0.05, 0) is 32.6 Å². The second-order valence-corrected chi connectivity index (χ2v) is 9.57. The average Bonchev–Trinajstić information content (AvgIpc) is 3.41. The molecular weight excluding hydrogens is 442 g/mol. The van der Waals surface area contributed by atoms with Crippen LogP contribution in [0.4, 0.5) is 5.13 Å². The smallest absolute Gasteiger partial charge is 0.202 e. The molecule has 0 bridgehead atoms. The zero-order valence-corrected chi connectivity index (χ0v) is 20.2. The van der Waals surface area contributed by atoms with Crippen LogP contribution in [0.25, 0.3) is 11.4 Å². The van der Waals surface area contributed by atoms with Crippen molar-refractivity contribution in [2.75, 3.05) is 5.32 Å². The maximum atomic E-state index is 9.50. The predicted molar refractivity (Wildman–Crippen MR) is 125 cm³/mol. The molecule has 0 aromatic carbocycles. The zero-order valence-electron chi connectivity index (χ0n) is 19.4. The Morgan fingerprint density at radius 2 is 2.06 bits per heavy atom. The van der Waals surface area contributed by atoms with Crippen molar-refractivity contribution >= 4 is 16.7 Å². The molecule has 1 aliphatic rings. The fraction of sp³-hybridized carbons (Fsp3) is 0.591. The lowest BCUT2D eigenvalue weighted by atomic mass is 9.87. The van der Waals surface area contributed by atoms with E-state index in [4.69, 9.17) is 4.74 Å². The molecule has 3 heterocycles. The summed E-state index contributed by atoms with van der Waals surface area (Å²) in [7, 11) is 1.89. The maximum Gasteiger partial charge on any atom is 0.202 e. The number of aryl methyl sites for hydroxylation is 2. The summed E-state index contributed by atoms with van der Waals surface area (Å²) in [5.41, 5.74) is 2.52. The van der Waals surface area contributed by atoms with Crippen molar-refractivity contribution in [2.45, 2.75) is 71.3 Å². The molecule has 0 radical (unpaired) electrons. The van der Waals surface area contributed by atoms with Crippen LogP contribution in [0, 0.1) is 12.8 Å². The quantitative estimate of drug-likeness (QED) is 0.422. The van der Waals surface area contributed by atoms with Gasteiger partial charge in [-0.25, -0.2) is 15.0 Å². The van der Waals surface area contributed by atoms with E-state index in [9.17, 15) is 10.2 Å². The highest BCUT2D eigenvalue weighted by molar-refractivity contribution is 7.09. The lowest BCUT2D eigenvalue weighted by molar-refractivity contribution is -0.103. The maximum absolute atomic E-state index is 9.50. The Morgan fingerprint density at radius 3 is 2.76 bits per heavy atom. The van der Waals surface area contributed by atoms with Crippen LogP contribution in [0.2, 0.25) is 0 Å². The highest BCUT2D eigenvalue weighted by Crippen LogP contribution is 2.31. The second-order valence-electron chi connectivity index (χ2n) is 8.82. The van der Waals surface area contributed by atoms with Gasteiger partial charge in [0, 0.05) is 30.4 Å². The normalized spacial score (nSPS) is 18.8. The highest BCUT2D eigenvalue weighted by Gasteiger charge is 2.28. The van der Waals surface area contributed by atoms with Gasteiger partial charge in [0.25, 0.3) is 0 Å². The lowest BCUT2D eigenvalue weighted by Crippen LogP contribution is -2.32. The number of rotatable bonds is 8. The zero-order chi connectivity index (χ0) is 23.5. The summed E-state index contributed by atoms with van der Waals surface area (Å²) in [6.45, 7) is 6.55. The monoisotopic (exact) mass is 473 g/mol. The van der Waals surface area contributed by atoms with Gasteiger partial charge in [0.05, 0.1) is 42.0 Å². The Labute approximate surface area is 197 Å². The number of aliphatic hydroxyl groups excluding tert-OH is 1. The number of nitrogens with zero attached hydrogens (tertiary/aromatic N) is 6. The van der Waals surface area contributed by atoms with Gasteiger partial charge < -0.3 is 20.3 Å². The molecule has 3 N–H and O–H groups in total. The molecular formula is C22H31N7O3S. The van der Waals surface area contributed by atoms with Crippen LogP contribution in [-0.2, 0) is 13.6 Å². The molecule has 3 aromatic heterocycles. The van der Waals surface area contributed by atoms with Gasteiger partial charge in [0.2, 0.25) is 5.13 Å². The molecule has 2 atom stereocenters. The van der Waals surface area contributed by atoms with E-state index in [1.54, 1.807) is 17.1 Å². The molecule has 3 aromatic rings. The van der Waals surface area contributed by atoms with Crippen LogP contribution in [0.3, 0.4) is 0 Å². The van der Waals surface area contributed by atoms with E-state index < -0.39 is 6.29 Å². The van der Waals surface area contributed by atoms with E-state index >= 15 is 0 Å². The molecule has 11 heteroatoms. The van der Waals surface area contributed by atoms with Crippen LogP contribution in [0.1, 0.15) is 62.7 Å². The van der Waals surface area contributed by atoms with Gasteiger partial charge in [0.1, 0.15) is 5.82 Å². The lowest BCUT2D eigenvalue weighted by Gasteiger charge is -2.30. The molecule has 0 unspecified atom stereocenters. The summed E-state index contributed by atoms with van der Waals surface area (Å²) >= 11 is 1.35. The number of aliphatic hydroxyl groups is 2. The van der Waals surface area contributed by atoms with Crippen molar-refractivity contribution < 1.29 is 14.9 Å². The van der Waals surface area contributed by atoms with E-state index in [1.807, 2.05) is 14.0 Å². The van der Waals surface area contributed by atoms with Crippen molar-refractivity contribution in [1.29, 1.82) is 0 Å². The Balaban J connectivity index is 1.46. The molecule has 0 aliphatic heterocycles. The van der Waals surface area contributed by atoms with E-state index in [1.165, 1.54) is 11.5 Å². The molecule has 4 rings (SSSR count). The largest absolute Gasteiger partial charge is 0.487 e. The predicted octanol–water partition coefficient (Wildman–Crippen LogP) is 3.02. The number of ether oxygens (including phenoxy) is 1. The number of aromatic nitrogens is 6. The molecule has 0 saturated heterocycles. The average molecular weight is 474 g/mol. The summed E-state index contributed by atoms with van der Waals surface area (Å²) in [6.07, 6.45) is 5.30. The fourth-order valence-electron chi connectivity index (χ4n) is 4.00. The first kappa shape index (κ1) is 23.5. The standard InChI is InChI=1S/C22H31N7O3S/c1-12(2)19-27-22(33-28-19)24-10-17-16(9-25-29(17)4)20-23-11-18(13(3)26-20)32-15-7-5-6-14(8-15)21(30)31/h9,11-12,14-15,21,30-31H,5-8,10H2,1-4H3,(H,24,27,28)/t14-,15-/m0/s1. The Kier molecular flexibility index (Phi) is 7.20. The van der Waals surface area contributed by atoms with E-state index in [0.717, 1.165) is 47.2 Å².